The summed E-state index contributed by atoms with van der Waals surface area (Å²) in [5.41, 5.74) is 0. The Morgan fingerprint density at radius 2 is 1.44 bits per heavy atom. The van der Waals surface area contributed by atoms with Gasteiger partial charge in [0.1, 0.15) is 5.75 Å². The summed E-state index contributed by atoms with van der Waals surface area (Å²) in [5.74, 6) is 1.48. The molecule has 3 rings (SSSR count). The fourth-order valence-electron chi connectivity index (χ4n) is 4.35. The van der Waals surface area contributed by atoms with Crippen molar-refractivity contribution < 1.29 is 9.90 Å². The molecular weight excluding hydrogens is 330 g/mol. The van der Waals surface area contributed by atoms with E-state index in [1.54, 1.807) is 23.9 Å². The molecule has 4 heteroatoms. The minimum atomic E-state index is 0.293. The minimum Gasteiger partial charge on any atom is -0.508 e. The maximum atomic E-state index is 13.1. The van der Waals surface area contributed by atoms with E-state index < -0.39 is 0 Å². The summed E-state index contributed by atoms with van der Waals surface area (Å²) >= 11 is 1.71. The fraction of sp³-hybridized carbons (Fsp3) is 0.667. The van der Waals surface area contributed by atoms with Gasteiger partial charge in [-0.2, -0.15) is 0 Å². The van der Waals surface area contributed by atoms with E-state index in [0.29, 0.717) is 30.2 Å². The summed E-state index contributed by atoms with van der Waals surface area (Å²) < 4.78 is 0. The average Bonchev–Trinajstić information content (AvgIpc) is 2.65. The molecule has 0 spiro atoms. The lowest BCUT2D eigenvalue weighted by molar-refractivity contribution is -0.137. The zero-order valence-corrected chi connectivity index (χ0v) is 16.0. The molecule has 0 bridgehead atoms. The molecule has 3 nitrogen and oxygen atoms in total. The Morgan fingerprint density at radius 1 is 0.920 bits per heavy atom. The number of carbonyl (C=O) groups is 1. The van der Waals surface area contributed by atoms with Crippen LogP contribution in [0.4, 0.5) is 0 Å². The van der Waals surface area contributed by atoms with Crippen LogP contribution < -0.4 is 0 Å². The van der Waals surface area contributed by atoms with Gasteiger partial charge in [-0.15, -0.1) is 11.8 Å². The van der Waals surface area contributed by atoms with E-state index in [0.717, 1.165) is 10.6 Å². The highest BCUT2D eigenvalue weighted by Gasteiger charge is 2.31. The molecule has 0 unspecified atom stereocenters. The maximum absolute atomic E-state index is 13.1. The molecule has 1 aromatic rings. The second-order valence-corrected chi connectivity index (χ2v) is 8.65. The van der Waals surface area contributed by atoms with Crippen molar-refractivity contribution in [2.24, 2.45) is 0 Å². The smallest absolute Gasteiger partial charge is 0.223 e. The second-order valence-electron chi connectivity index (χ2n) is 7.48. The van der Waals surface area contributed by atoms with Crippen molar-refractivity contribution >= 4 is 17.7 Å². The highest BCUT2D eigenvalue weighted by molar-refractivity contribution is 7.99. The number of nitrogens with zero attached hydrogens (tertiary/aromatic N) is 1. The third kappa shape index (κ3) is 5.40. The molecule has 1 aromatic carbocycles. The summed E-state index contributed by atoms with van der Waals surface area (Å²) in [4.78, 5) is 16.5. The van der Waals surface area contributed by atoms with Crippen LogP contribution in [0.3, 0.4) is 0 Å². The van der Waals surface area contributed by atoms with Crippen LogP contribution in [0, 0.1) is 0 Å². The summed E-state index contributed by atoms with van der Waals surface area (Å²) in [6, 6.07) is 8.24. The summed E-state index contributed by atoms with van der Waals surface area (Å²) in [5, 5.41) is 9.36. The Hall–Kier alpha value is -1.16. The first-order valence-electron chi connectivity index (χ1n) is 9.97. The highest BCUT2D eigenvalue weighted by atomic mass is 32.2. The first-order chi connectivity index (χ1) is 12.2. The monoisotopic (exact) mass is 361 g/mol. The van der Waals surface area contributed by atoms with Gasteiger partial charge in [0, 0.05) is 29.2 Å². The van der Waals surface area contributed by atoms with Gasteiger partial charge in [-0.3, -0.25) is 4.79 Å². The first-order valence-corrected chi connectivity index (χ1v) is 11.0. The van der Waals surface area contributed by atoms with Gasteiger partial charge in [0.05, 0.1) is 0 Å². The van der Waals surface area contributed by atoms with Gasteiger partial charge >= 0.3 is 0 Å². The van der Waals surface area contributed by atoms with Gasteiger partial charge in [-0.25, -0.2) is 0 Å². The molecule has 0 aliphatic heterocycles. The molecule has 2 aliphatic carbocycles. The largest absolute Gasteiger partial charge is 0.508 e. The third-order valence-corrected chi connectivity index (χ3v) is 6.66. The summed E-state index contributed by atoms with van der Waals surface area (Å²) in [7, 11) is 0. The van der Waals surface area contributed by atoms with Crippen LogP contribution in [0.1, 0.15) is 70.6 Å². The predicted molar refractivity (Wildman–Crippen MR) is 104 cm³/mol. The molecule has 138 valence electrons. The van der Waals surface area contributed by atoms with Gasteiger partial charge in [0.2, 0.25) is 5.91 Å². The molecule has 0 radical (unpaired) electrons. The molecule has 2 aliphatic rings. The van der Waals surface area contributed by atoms with E-state index >= 15 is 0 Å². The van der Waals surface area contributed by atoms with E-state index in [4.69, 9.17) is 0 Å². The molecule has 2 saturated carbocycles. The van der Waals surface area contributed by atoms with E-state index in [1.165, 1.54) is 64.2 Å². The molecule has 0 atom stereocenters. The number of hydrogen-bond donors (Lipinski definition) is 1. The molecule has 1 N–H and O–H groups in total. The van der Waals surface area contributed by atoms with Crippen molar-refractivity contribution in [3.05, 3.63) is 24.3 Å². The number of benzene rings is 1. The number of hydrogen-bond acceptors (Lipinski definition) is 3. The molecule has 2 fully saturated rings. The van der Waals surface area contributed by atoms with Crippen molar-refractivity contribution in [3.8, 4) is 5.75 Å². The zero-order valence-electron chi connectivity index (χ0n) is 15.2. The molecule has 25 heavy (non-hydrogen) atoms. The van der Waals surface area contributed by atoms with Crippen molar-refractivity contribution in [1.29, 1.82) is 0 Å². The van der Waals surface area contributed by atoms with Crippen LogP contribution in [0.15, 0.2) is 29.2 Å². The fourth-order valence-corrected chi connectivity index (χ4v) is 5.19. The number of phenolic OH excluding ortho intramolecular Hbond substituents is 1. The first kappa shape index (κ1) is 18.6. The van der Waals surface area contributed by atoms with E-state index in [1.807, 2.05) is 12.1 Å². The van der Waals surface area contributed by atoms with Crippen molar-refractivity contribution in [3.63, 3.8) is 0 Å². The van der Waals surface area contributed by atoms with Gasteiger partial charge in [0.25, 0.3) is 0 Å². The quantitative estimate of drug-likeness (QED) is 0.693. The Morgan fingerprint density at radius 3 is 1.96 bits per heavy atom. The van der Waals surface area contributed by atoms with Crippen LogP contribution in [-0.4, -0.2) is 33.8 Å². The van der Waals surface area contributed by atoms with Gasteiger partial charge < -0.3 is 10.0 Å². The van der Waals surface area contributed by atoms with Gasteiger partial charge in [-0.1, -0.05) is 38.5 Å². The molecule has 1 amide bonds. The van der Waals surface area contributed by atoms with Crippen molar-refractivity contribution in [2.45, 2.75) is 87.6 Å². The average molecular weight is 362 g/mol. The van der Waals surface area contributed by atoms with Crippen LogP contribution >= 0.6 is 11.8 Å². The summed E-state index contributed by atoms with van der Waals surface area (Å²) in [6.45, 7) is 0. The zero-order chi connectivity index (χ0) is 17.5. The van der Waals surface area contributed by atoms with Crippen molar-refractivity contribution in [1.82, 2.24) is 4.90 Å². The highest BCUT2D eigenvalue weighted by Crippen LogP contribution is 2.31. The lowest BCUT2D eigenvalue weighted by atomic mass is 9.88. The minimum absolute atomic E-state index is 0.293. The topological polar surface area (TPSA) is 40.5 Å². The lowest BCUT2D eigenvalue weighted by Gasteiger charge is -2.42. The van der Waals surface area contributed by atoms with E-state index in [9.17, 15) is 9.90 Å². The molecule has 0 saturated heterocycles. The Labute approximate surface area is 156 Å². The number of aromatic hydroxyl groups is 1. The number of amides is 1. The Balaban J connectivity index is 1.56. The van der Waals surface area contributed by atoms with Gasteiger partial charge in [0.15, 0.2) is 0 Å². The SMILES string of the molecule is O=C(CCSc1ccc(O)cc1)N(C1CCCCC1)C1CCCCC1. The third-order valence-electron chi connectivity index (χ3n) is 5.65. The number of carbonyl (C=O) groups excluding carboxylic acids is 1. The molecule has 0 heterocycles. The number of thioether (sulfide) groups is 1. The van der Waals surface area contributed by atoms with Crippen LogP contribution in [0.25, 0.3) is 0 Å². The van der Waals surface area contributed by atoms with Crippen molar-refractivity contribution in [2.75, 3.05) is 5.75 Å². The van der Waals surface area contributed by atoms with Gasteiger partial charge in [-0.05, 0) is 49.9 Å². The van der Waals surface area contributed by atoms with Crippen LogP contribution in [-0.2, 0) is 4.79 Å². The maximum Gasteiger partial charge on any atom is 0.223 e. The molecule has 0 aromatic heterocycles. The van der Waals surface area contributed by atoms with E-state index in [-0.39, 0.29) is 0 Å². The molecular formula is C21H31NO2S. The van der Waals surface area contributed by atoms with E-state index in [2.05, 4.69) is 4.90 Å². The number of rotatable bonds is 6. The van der Waals surface area contributed by atoms with Crippen LogP contribution in [0.5, 0.6) is 5.75 Å². The number of phenols is 1. The Bertz CT molecular complexity index is 515. The van der Waals surface area contributed by atoms with Crippen LogP contribution in [0.2, 0.25) is 0 Å². The summed E-state index contributed by atoms with van der Waals surface area (Å²) in [6.07, 6.45) is 13.2. The normalized spacial score (nSPS) is 19.7. The standard InChI is InChI=1S/C21H31NO2S/c23-19-11-13-20(14-12-19)25-16-15-21(24)22(17-7-3-1-4-8-17)18-9-5-2-6-10-18/h11-14,17-18,23H,1-10,15-16H2. The Kier molecular flexibility index (Phi) is 7.09. The predicted octanol–water partition coefficient (Wildman–Crippen LogP) is 5.37. The lowest BCUT2D eigenvalue weighted by Crippen LogP contribution is -2.48. The second kappa shape index (κ2) is 9.51.